The van der Waals surface area contributed by atoms with Crippen molar-refractivity contribution in [3.63, 3.8) is 0 Å². The highest BCUT2D eigenvalue weighted by atomic mass is 15.3. The fraction of sp³-hybridized carbons (Fsp3) is 0.556. The Hall–Kier alpha value is -1.36. The first-order valence-electron chi connectivity index (χ1n) is 4.60. The second-order valence-electron chi connectivity index (χ2n) is 3.83. The minimum absolute atomic E-state index is 0.109. The summed E-state index contributed by atoms with van der Waals surface area (Å²) >= 11 is 0. The molecule has 1 N–H and O–H groups in total. The van der Waals surface area contributed by atoms with E-state index in [1.54, 1.807) is 0 Å². The Morgan fingerprint density at radius 3 is 2.93 bits per heavy atom. The van der Waals surface area contributed by atoms with E-state index in [4.69, 9.17) is 0 Å². The molecule has 1 aromatic rings. The summed E-state index contributed by atoms with van der Waals surface area (Å²) in [4.78, 5) is 11.8. The lowest BCUT2D eigenvalue weighted by Gasteiger charge is -2.24. The number of hydrogen-bond acceptors (Lipinski definition) is 3. The Morgan fingerprint density at radius 1 is 1.57 bits per heavy atom. The molecule has 0 saturated carbocycles. The zero-order chi connectivity index (χ0) is 10.3. The van der Waals surface area contributed by atoms with Gasteiger partial charge in [-0.2, -0.15) is 0 Å². The van der Waals surface area contributed by atoms with Crippen molar-refractivity contribution in [2.45, 2.75) is 6.17 Å². The van der Waals surface area contributed by atoms with E-state index >= 15 is 0 Å². The number of nitrogens with zero attached hydrogens (tertiary/aromatic N) is 4. The first-order valence-corrected chi connectivity index (χ1v) is 4.60. The maximum absolute atomic E-state index is 4.47. The van der Waals surface area contributed by atoms with Crippen LogP contribution in [0.25, 0.3) is 0 Å². The molecule has 0 radical (unpaired) electrons. The van der Waals surface area contributed by atoms with Crippen LogP contribution in [0.5, 0.6) is 0 Å². The van der Waals surface area contributed by atoms with Crippen molar-refractivity contribution < 1.29 is 4.57 Å². The van der Waals surface area contributed by atoms with Crippen LogP contribution in [0.15, 0.2) is 11.3 Å². The van der Waals surface area contributed by atoms with Crippen LogP contribution in [-0.2, 0) is 7.05 Å². The standard InChI is InChI=1S/C9H15N5/c1-12(2)8-7-9(11-5-13(7)3)14(4)6-10-8/h5-6,8H,1-4H3/p+1. The van der Waals surface area contributed by atoms with Crippen molar-refractivity contribution in [2.24, 2.45) is 12.0 Å². The van der Waals surface area contributed by atoms with E-state index in [-0.39, 0.29) is 6.17 Å². The molecule has 0 aromatic carbocycles. The van der Waals surface area contributed by atoms with E-state index in [0.717, 1.165) is 5.82 Å². The van der Waals surface area contributed by atoms with Crippen molar-refractivity contribution in [3.8, 4) is 0 Å². The monoisotopic (exact) mass is 194 g/mol. The first kappa shape index (κ1) is 9.21. The van der Waals surface area contributed by atoms with Crippen LogP contribution in [0.4, 0.5) is 5.82 Å². The minimum atomic E-state index is 0.109. The zero-order valence-corrected chi connectivity index (χ0v) is 9.02. The smallest absolute Gasteiger partial charge is 0.246 e. The number of H-pyrrole nitrogens is 1. The second-order valence-corrected chi connectivity index (χ2v) is 3.83. The van der Waals surface area contributed by atoms with Gasteiger partial charge in [-0.05, 0) is 14.1 Å². The Bertz CT molecular complexity index is 365. The van der Waals surface area contributed by atoms with Gasteiger partial charge in [0.1, 0.15) is 0 Å². The molecule has 1 aliphatic rings. The van der Waals surface area contributed by atoms with Crippen LogP contribution >= 0.6 is 0 Å². The summed E-state index contributed by atoms with van der Waals surface area (Å²) in [5, 5.41) is 0. The van der Waals surface area contributed by atoms with Gasteiger partial charge in [0.05, 0.1) is 13.4 Å². The molecule has 5 nitrogen and oxygen atoms in total. The number of aliphatic imine (C=N–C) groups is 1. The predicted octanol–water partition coefficient (Wildman–Crippen LogP) is -0.123. The van der Waals surface area contributed by atoms with Crippen molar-refractivity contribution in [1.29, 1.82) is 0 Å². The van der Waals surface area contributed by atoms with Crippen molar-refractivity contribution in [2.75, 3.05) is 26.0 Å². The van der Waals surface area contributed by atoms with Gasteiger partial charge in [0, 0.05) is 7.05 Å². The van der Waals surface area contributed by atoms with E-state index < -0.39 is 0 Å². The Labute approximate surface area is 83.7 Å². The quantitative estimate of drug-likeness (QED) is 0.633. The first-order chi connectivity index (χ1) is 6.61. The molecule has 0 spiro atoms. The van der Waals surface area contributed by atoms with Gasteiger partial charge in [-0.15, -0.1) is 0 Å². The van der Waals surface area contributed by atoms with Crippen molar-refractivity contribution in [1.82, 2.24) is 9.88 Å². The molecular weight excluding hydrogens is 178 g/mol. The number of fused-ring (bicyclic) bond motifs is 1. The highest BCUT2D eigenvalue weighted by Gasteiger charge is 2.31. The lowest BCUT2D eigenvalue weighted by Crippen LogP contribution is -2.39. The van der Waals surface area contributed by atoms with Gasteiger partial charge >= 0.3 is 0 Å². The fourth-order valence-corrected chi connectivity index (χ4v) is 1.72. The molecule has 1 aromatic heterocycles. The second kappa shape index (κ2) is 3.09. The van der Waals surface area contributed by atoms with Gasteiger partial charge in [-0.1, -0.05) is 0 Å². The van der Waals surface area contributed by atoms with E-state index in [1.165, 1.54) is 5.69 Å². The number of aryl methyl sites for hydroxylation is 1. The third-order valence-corrected chi connectivity index (χ3v) is 2.49. The molecular formula is C9H16N5+. The predicted molar refractivity (Wildman–Crippen MR) is 55.3 cm³/mol. The molecule has 0 saturated heterocycles. The van der Waals surface area contributed by atoms with Gasteiger partial charge in [-0.3, -0.25) is 9.80 Å². The summed E-state index contributed by atoms with van der Waals surface area (Å²) < 4.78 is 2.08. The van der Waals surface area contributed by atoms with Gasteiger partial charge in [0.15, 0.2) is 6.17 Å². The third-order valence-electron chi connectivity index (χ3n) is 2.49. The third kappa shape index (κ3) is 1.21. The molecule has 14 heavy (non-hydrogen) atoms. The molecule has 2 rings (SSSR count). The van der Waals surface area contributed by atoms with Crippen LogP contribution in [-0.4, -0.2) is 37.4 Å². The molecule has 5 heteroatoms. The maximum atomic E-state index is 4.47. The SMILES string of the molecule is CN1C=NC(N(C)C)c2c1[nH]c[n+]2C. The van der Waals surface area contributed by atoms with Crippen molar-refractivity contribution in [3.05, 3.63) is 12.0 Å². The molecule has 1 atom stereocenters. The largest absolute Gasteiger partial charge is 0.300 e. The summed E-state index contributed by atoms with van der Waals surface area (Å²) in [6, 6.07) is 0. The van der Waals surface area contributed by atoms with Gasteiger partial charge in [0.25, 0.3) is 0 Å². The molecule has 76 valence electrons. The molecule has 0 aliphatic carbocycles. The maximum Gasteiger partial charge on any atom is 0.246 e. The number of rotatable bonds is 1. The van der Waals surface area contributed by atoms with E-state index in [9.17, 15) is 0 Å². The number of imidazole rings is 1. The number of aromatic amines is 1. The molecule has 0 bridgehead atoms. The number of aromatic nitrogens is 2. The molecule has 2 heterocycles. The summed E-state index contributed by atoms with van der Waals surface area (Å²) in [5.41, 5.74) is 1.19. The lowest BCUT2D eigenvalue weighted by molar-refractivity contribution is -0.679. The summed E-state index contributed by atoms with van der Waals surface area (Å²) in [7, 11) is 8.08. The highest BCUT2D eigenvalue weighted by molar-refractivity contribution is 5.79. The van der Waals surface area contributed by atoms with E-state index in [0.29, 0.717) is 0 Å². The topological polar surface area (TPSA) is 38.5 Å². The number of hydrogen-bond donors (Lipinski definition) is 1. The van der Waals surface area contributed by atoms with Gasteiger partial charge < -0.3 is 0 Å². The summed E-state index contributed by atoms with van der Waals surface area (Å²) in [5.74, 6) is 1.11. The van der Waals surface area contributed by atoms with Gasteiger partial charge in [-0.25, -0.2) is 14.5 Å². The molecule has 0 amide bonds. The van der Waals surface area contributed by atoms with Crippen molar-refractivity contribution >= 4 is 12.2 Å². The highest BCUT2D eigenvalue weighted by Crippen LogP contribution is 2.27. The van der Waals surface area contributed by atoms with Crippen LogP contribution < -0.4 is 9.47 Å². The van der Waals surface area contributed by atoms with Crippen LogP contribution in [0.3, 0.4) is 0 Å². The minimum Gasteiger partial charge on any atom is -0.300 e. The number of nitrogens with one attached hydrogen (secondary N) is 1. The van der Waals surface area contributed by atoms with Gasteiger partial charge in [0.2, 0.25) is 17.8 Å². The van der Waals surface area contributed by atoms with Crippen LogP contribution in [0.2, 0.25) is 0 Å². The average molecular weight is 194 g/mol. The Balaban J connectivity index is 2.50. The van der Waals surface area contributed by atoms with E-state index in [2.05, 4.69) is 19.4 Å². The van der Waals surface area contributed by atoms with Crippen LogP contribution in [0, 0.1) is 0 Å². The summed E-state index contributed by atoms with van der Waals surface area (Å²) in [6.07, 6.45) is 3.91. The molecule has 1 unspecified atom stereocenters. The lowest BCUT2D eigenvalue weighted by atomic mass is 10.3. The molecule has 1 aliphatic heterocycles. The van der Waals surface area contributed by atoms with E-state index in [1.807, 2.05) is 45.8 Å². The average Bonchev–Trinajstić information content (AvgIpc) is 2.50. The normalized spacial score (nSPS) is 20.4. The Kier molecular flexibility index (Phi) is 2.03. The zero-order valence-electron chi connectivity index (χ0n) is 9.02. The Morgan fingerprint density at radius 2 is 2.29 bits per heavy atom. The summed E-state index contributed by atoms with van der Waals surface area (Å²) in [6.45, 7) is 0. The number of anilines is 1. The molecule has 0 fully saturated rings. The fourth-order valence-electron chi connectivity index (χ4n) is 1.72. The van der Waals surface area contributed by atoms with Crippen LogP contribution in [0.1, 0.15) is 11.9 Å².